The fraction of sp³-hybridized carbons (Fsp3) is 0.316. The Bertz CT molecular complexity index is 879. The van der Waals surface area contributed by atoms with E-state index in [1.807, 2.05) is 37.3 Å². The third-order valence-corrected chi connectivity index (χ3v) is 7.61. The number of thiocarbonyl (C=S) groups is 1. The Balaban J connectivity index is 2.11. The lowest BCUT2D eigenvalue weighted by Crippen LogP contribution is -2.33. The largest absolute Gasteiger partial charge is 0.393 e. The average Bonchev–Trinajstić information content (AvgIpc) is 3.27. The summed E-state index contributed by atoms with van der Waals surface area (Å²) in [6, 6.07) is 16.4. The molecule has 25 heavy (non-hydrogen) atoms. The van der Waals surface area contributed by atoms with E-state index in [1.165, 1.54) is 7.11 Å². The van der Waals surface area contributed by atoms with E-state index in [1.54, 1.807) is 24.3 Å². The molecule has 1 aliphatic rings. The van der Waals surface area contributed by atoms with Gasteiger partial charge in [0.1, 0.15) is 0 Å². The van der Waals surface area contributed by atoms with Crippen LogP contribution in [0.3, 0.4) is 0 Å². The SMILES string of the molecule is COC[C@]1(C(N)=S)[C@@H](c2ccccc2)[C@@H]1S(=O)(=O)c1ccc(C)cc1. The van der Waals surface area contributed by atoms with Crippen LogP contribution < -0.4 is 5.73 Å². The maximum Gasteiger partial charge on any atom is 0.182 e. The maximum atomic E-state index is 13.3. The molecular formula is C19H21NO3S2. The van der Waals surface area contributed by atoms with Crippen LogP contribution in [-0.4, -0.2) is 32.4 Å². The lowest BCUT2D eigenvalue weighted by molar-refractivity contribution is 0.166. The average molecular weight is 376 g/mol. The van der Waals surface area contributed by atoms with Crippen molar-refractivity contribution in [3.8, 4) is 0 Å². The lowest BCUT2D eigenvalue weighted by Gasteiger charge is -2.16. The van der Waals surface area contributed by atoms with Gasteiger partial charge in [-0.2, -0.15) is 0 Å². The molecule has 0 unspecified atom stereocenters. The van der Waals surface area contributed by atoms with Crippen molar-refractivity contribution in [1.29, 1.82) is 0 Å². The highest BCUT2D eigenvalue weighted by atomic mass is 32.2. The number of sulfone groups is 1. The Kier molecular flexibility index (Phi) is 4.70. The first kappa shape index (κ1) is 18.0. The van der Waals surface area contributed by atoms with E-state index in [9.17, 15) is 8.42 Å². The zero-order chi connectivity index (χ0) is 18.2. The van der Waals surface area contributed by atoms with E-state index in [4.69, 9.17) is 22.7 Å². The van der Waals surface area contributed by atoms with Crippen molar-refractivity contribution in [2.24, 2.45) is 11.1 Å². The lowest BCUT2D eigenvalue weighted by atomic mass is 10.00. The van der Waals surface area contributed by atoms with Crippen molar-refractivity contribution in [3.05, 3.63) is 65.7 Å². The van der Waals surface area contributed by atoms with Gasteiger partial charge in [0, 0.05) is 13.0 Å². The molecule has 2 aromatic carbocycles. The highest BCUT2D eigenvalue weighted by molar-refractivity contribution is 7.92. The summed E-state index contributed by atoms with van der Waals surface area (Å²) in [4.78, 5) is 0.474. The molecule has 1 fully saturated rings. The summed E-state index contributed by atoms with van der Waals surface area (Å²) in [5.74, 6) is -0.308. The van der Waals surface area contributed by atoms with Crippen molar-refractivity contribution in [1.82, 2.24) is 0 Å². The van der Waals surface area contributed by atoms with Crippen LogP contribution in [-0.2, 0) is 14.6 Å². The molecule has 2 aromatic rings. The molecule has 0 bridgehead atoms. The molecule has 6 heteroatoms. The van der Waals surface area contributed by atoms with E-state index in [0.717, 1.165) is 11.1 Å². The molecule has 132 valence electrons. The molecule has 0 amide bonds. The second-order valence-corrected chi connectivity index (χ2v) is 9.01. The number of aryl methyl sites for hydroxylation is 1. The fourth-order valence-electron chi connectivity index (χ4n) is 3.64. The maximum absolute atomic E-state index is 13.3. The second-order valence-electron chi connectivity index (χ2n) is 6.50. The number of hydrogen-bond donors (Lipinski definition) is 1. The van der Waals surface area contributed by atoms with Gasteiger partial charge < -0.3 is 10.5 Å². The van der Waals surface area contributed by atoms with Crippen LogP contribution in [0.1, 0.15) is 17.0 Å². The molecule has 0 aliphatic heterocycles. The third kappa shape index (κ3) is 2.88. The van der Waals surface area contributed by atoms with Crippen molar-refractivity contribution < 1.29 is 13.2 Å². The van der Waals surface area contributed by atoms with Gasteiger partial charge in [-0.15, -0.1) is 0 Å². The van der Waals surface area contributed by atoms with Crippen LogP contribution in [0.5, 0.6) is 0 Å². The van der Waals surface area contributed by atoms with Crippen LogP contribution in [0.4, 0.5) is 0 Å². The molecule has 0 saturated heterocycles. The number of methoxy groups -OCH3 is 1. The molecule has 0 spiro atoms. The van der Waals surface area contributed by atoms with Gasteiger partial charge in [0.15, 0.2) is 9.84 Å². The molecule has 2 N–H and O–H groups in total. The minimum Gasteiger partial charge on any atom is -0.393 e. The summed E-state index contributed by atoms with van der Waals surface area (Å²) in [6.45, 7) is 2.10. The Morgan fingerprint density at radius 1 is 1.16 bits per heavy atom. The fourth-order valence-corrected chi connectivity index (χ4v) is 6.41. The minimum atomic E-state index is -3.60. The number of hydrogen-bond acceptors (Lipinski definition) is 4. The number of nitrogens with two attached hydrogens (primary N) is 1. The van der Waals surface area contributed by atoms with Crippen molar-refractivity contribution in [3.63, 3.8) is 0 Å². The van der Waals surface area contributed by atoms with Crippen LogP contribution in [0.25, 0.3) is 0 Å². The summed E-state index contributed by atoms with van der Waals surface area (Å²) in [5, 5.41) is -0.720. The Labute approximate surface area is 153 Å². The normalized spacial score (nSPS) is 25.5. The smallest absolute Gasteiger partial charge is 0.182 e. The molecule has 1 saturated carbocycles. The van der Waals surface area contributed by atoms with Gasteiger partial charge in [-0.05, 0) is 24.6 Å². The monoisotopic (exact) mass is 375 g/mol. The number of benzene rings is 2. The van der Waals surface area contributed by atoms with Gasteiger partial charge in [-0.3, -0.25) is 0 Å². The highest BCUT2D eigenvalue weighted by Crippen LogP contribution is 2.64. The molecule has 1 aliphatic carbocycles. The Hall–Kier alpha value is -1.76. The van der Waals surface area contributed by atoms with E-state index in [2.05, 4.69) is 0 Å². The number of ether oxygens (including phenoxy) is 1. The first-order valence-electron chi connectivity index (χ1n) is 8.00. The third-order valence-electron chi connectivity index (χ3n) is 4.94. The summed E-state index contributed by atoms with van der Waals surface area (Å²) < 4.78 is 32.0. The first-order valence-corrected chi connectivity index (χ1v) is 9.95. The van der Waals surface area contributed by atoms with Crippen molar-refractivity contribution in [2.45, 2.75) is 23.0 Å². The quantitative estimate of drug-likeness (QED) is 0.786. The Morgan fingerprint density at radius 2 is 1.76 bits per heavy atom. The Morgan fingerprint density at radius 3 is 2.28 bits per heavy atom. The molecule has 3 atom stereocenters. The van der Waals surface area contributed by atoms with Crippen LogP contribution in [0, 0.1) is 12.3 Å². The van der Waals surface area contributed by atoms with Crippen LogP contribution in [0.2, 0.25) is 0 Å². The van der Waals surface area contributed by atoms with Gasteiger partial charge in [0.05, 0.1) is 27.2 Å². The highest BCUT2D eigenvalue weighted by Gasteiger charge is 2.73. The van der Waals surface area contributed by atoms with E-state index in [-0.39, 0.29) is 17.5 Å². The zero-order valence-corrected chi connectivity index (χ0v) is 15.8. The summed E-state index contributed by atoms with van der Waals surface area (Å²) in [7, 11) is -2.06. The van der Waals surface area contributed by atoms with Gasteiger partial charge in [0.25, 0.3) is 0 Å². The first-order chi connectivity index (χ1) is 11.9. The number of rotatable bonds is 6. The molecule has 0 aromatic heterocycles. The van der Waals surface area contributed by atoms with Gasteiger partial charge in [-0.1, -0.05) is 60.2 Å². The van der Waals surface area contributed by atoms with Crippen molar-refractivity contribution in [2.75, 3.05) is 13.7 Å². The molecule has 3 rings (SSSR count). The summed E-state index contributed by atoms with van der Waals surface area (Å²) >= 11 is 5.29. The molecule has 0 heterocycles. The van der Waals surface area contributed by atoms with E-state index in [0.29, 0.717) is 4.90 Å². The van der Waals surface area contributed by atoms with Gasteiger partial charge >= 0.3 is 0 Å². The van der Waals surface area contributed by atoms with Crippen LogP contribution in [0.15, 0.2) is 59.5 Å². The molecule has 4 nitrogen and oxygen atoms in total. The summed E-state index contributed by atoms with van der Waals surface area (Å²) in [5.41, 5.74) is 7.06. The zero-order valence-electron chi connectivity index (χ0n) is 14.2. The van der Waals surface area contributed by atoms with E-state index < -0.39 is 20.5 Å². The predicted molar refractivity (Wildman–Crippen MR) is 102 cm³/mol. The standard InChI is InChI=1S/C19H21NO3S2/c1-13-8-10-15(11-9-13)25(21,22)17-16(14-6-4-3-5-7-14)19(17,12-23-2)18(20)24/h3-11,16-17H,12H2,1-2H3,(H2,20,24)/t16-,17-,19-/m0/s1. The predicted octanol–water partition coefficient (Wildman–Crippen LogP) is 2.85. The molecular weight excluding hydrogens is 354 g/mol. The van der Waals surface area contributed by atoms with Crippen LogP contribution >= 0.6 is 12.2 Å². The van der Waals surface area contributed by atoms with Gasteiger partial charge in [0.2, 0.25) is 0 Å². The topological polar surface area (TPSA) is 69.4 Å². The molecule has 0 radical (unpaired) electrons. The minimum absolute atomic E-state index is 0.178. The van der Waals surface area contributed by atoms with Crippen molar-refractivity contribution >= 4 is 27.0 Å². The second kappa shape index (κ2) is 6.52. The summed E-state index contributed by atoms with van der Waals surface area (Å²) in [6.07, 6.45) is 0. The van der Waals surface area contributed by atoms with E-state index >= 15 is 0 Å². The van der Waals surface area contributed by atoms with Gasteiger partial charge in [-0.25, -0.2) is 8.42 Å².